The molecule has 1 saturated heterocycles. The summed E-state index contributed by atoms with van der Waals surface area (Å²) in [6.45, 7) is 2.88. The van der Waals surface area contributed by atoms with Gasteiger partial charge in [-0.2, -0.15) is 0 Å². The summed E-state index contributed by atoms with van der Waals surface area (Å²) in [6.07, 6.45) is 2.91. The summed E-state index contributed by atoms with van der Waals surface area (Å²) in [5.41, 5.74) is 0. The zero-order valence-corrected chi connectivity index (χ0v) is 9.22. The van der Waals surface area contributed by atoms with E-state index in [1.54, 1.807) is 11.3 Å². The minimum Gasteiger partial charge on any atom is -0.335 e. The van der Waals surface area contributed by atoms with Gasteiger partial charge in [0.1, 0.15) is 0 Å². The van der Waals surface area contributed by atoms with E-state index in [0.717, 1.165) is 19.4 Å². The molecule has 0 aliphatic carbocycles. The minimum absolute atomic E-state index is 0.293. The van der Waals surface area contributed by atoms with Crippen LogP contribution in [0.5, 0.6) is 0 Å². The van der Waals surface area contributed by atoms with E-state index in [9.17, 15) is 4.79 Å². The van der Waals surface area contributed by atoms with Crippen LogP contribution in [0.1, 0.15) is 37.1 Å². The quantitative estimate of drug-likeness (QED) is 0.733. The molecule has 1 aliphatic rings. The van der Waals surface area contributed by atoms with Gasteiger partial charge in [0, 0.05) is 17.8 Å². The number of likely N-dealkylation sites (tertiary alicyclic amines) is 1. The van der Waals surface area contributed by atoms with Crippen molar-refractivity contribution in [3.8, 4) is 0 Å². The average Bonchev–Trinajstić information content (AvgIpc) is 2.85. The van der Waals surface area contributed by atoms with Gasteiger partial charge < -0.3 is 4.90 Å². The van der Waals surface area contributed by atoms with E-state index in [1.165, 1.54) is 4.88 Å². The predicted molar refractivity (Wildman–Crippen MR) is 58.3 cm³/mol. The second kappa shape index (κ2) is 4.13. The molecule has 2 nitrogen and oxygen atoms in total. The third kappa shape index (κ3) is 1.69. The van der Waals surface area contributed by atoms with Crippen LogP contribution < -0.4 is 0 Å². The van der Waals surface area contributed by atoms with Gasteiger partial charge in [-0.05, 0) is 24.3 Å². The van der Waals surface area contributed by atoms with Crippen LogP contribution in [0.15, 0.2) is 17.5 Å². The van der Waals surface area contributed by atoms with Crippen molar-refractivity contribution in [3.63, 3.8) is 0 Å². The standard InChI is InChI=1S/C11H15NOS/c1-2-11(13)12-7-3-5-9(12)10-6-4-8-14-10/h4,6,8-9H,2-3,5,7H2,1H3. The molecule has 1 fully saturated rings. The van der Waals surface area contributed by atoms with Crippen LogP contribution in [-0.4, -0.2) is 17.4 Å². The molecule has 2 heterocycles. The second-order valence-electron chi connectivity index (χ2n) is 3.61. The molecule has 3 heteroatoms. The van der Waals surface area contributed by atoms with Crippen molar-refractivity contribution < 1.29 is 4.79 Å². The molecular weight excluding hydrogens is 194 g/mol. The van der Waals surface area contributed by atoms with Gasteiger partial charge >= 0.3 is 0 Å². The lowest BCUT2D eigenvalue weighted by molar-refractivity contribution is -0.131. The molecule has 1 aliphatic heterocycles. The van der Waals surface area contributed by atoms with Crippen LogP contribution >= 0.6 is 11.3 Å². The summed E-state index contributed by atoms with van der Waals surface area (Å²) in [4.78, 5) is 15.0. The first-order chi connectivity index (χ1) is 6.83. The molecule has 1 unspecified atom stereocenters. The molecule has 2 rings (SSSR count). The number of rotatable bonds is 2. The average molecular weight is 209 g/mol. The Hall–Kier alpha value is -0.830. The monoisotopic (exact) mass is 209 g/mol. The lowest BCUT2D eigenvalue weighted by Gasteiger charge is -2.23. The number of hydrogen-bond acceptors (Lipinski definition) is 2. The SMILES string of the molecule is CCC(=O)N1CCCC1c1cccs1. The summed E-state index contributed by atoms with van der Waals surface area (Å²) in [7, 11) is 0. The van der Waals surface area contributed by atoms with Crippen molar-refractivity contribution in [2.24, 2.45) is 0 Å². The van der Waals surface area contributed by atoms with E-state index in [1.807, 2.05) is 11.8 Å². The van der Waals surface area contributed by atoms with Gasteiger partial charge in [-0.25, -0.2) is 0 Å². The van der Waals surface area contributed by atoms with Crippen molar-refractivity contribution in [3.05, 3.63) is 22.4 Å². The van der Waals surface area contributed by atoms with E-state index >= 15 is 0 Å². The first-order valence-corrected chi connectivity index (χ1v) is 6.03. The molecule has 1 atom stereocenters. The minimum atomic E-state index is 0.293. The van der Waals surface area contributed by atoms with E-state index in [0.29, 0.717) is 18.4 Å². The van der Waals surface area contributed by atoms with Gasteiger partial charge in [0.2, 0.25) is 5.91 Å². The second-order valence-corrected chi connectivity index (χ2v) is 4.59. The smallest absolute Gasteiger partial charge is 0.222 e. The third-order valence-corrected chi connectivity index (χ3v) is 3.72. The molecule has 14 heavy (non-hydrogen) atoms. The maximum absolute atomic E-state index is 11.7. The normalized spacial score (nSPS) is 21.5. The number of nitrogens with zero attached hydrogens (tertiary/aromatic N) is 1. The van der Waals surface area contributed by atoms with Crippen molar-refractivity contribution in [1.29, 1.82) is 0 Å². The van der Waals surface area contributed by atoms with Crippen LogP contribution in [0, 0.1) is 0 Å². The fourth-order valence-electron chi connectivity index (χ4n) is 2.04. The van der Waals surface area contributed by atoms with E-state index in [4.69, 9.17) is 0 Å². The van der Waals surface area contributed by atoms with Crippen LogP contribution in [0.25, 0.3) is 0 Å². The predicted octanol–water partition coefficient (Wildman–Crippen LogP) is 2.82. The van der Waals surface area contributed by atoms with Crippen molar-refractivity contribution in [1.82, 2.24) is 4.90 Å². The fourth-order valence-corrected chi connectivity index (χ4v) is 2.92. The largest absolute Gasteiger partial charge is 0.335 e. The van der Waals surface area contributed by atoms with Crippen LogP contribution in [0.4, 0.5) is 0 Å². The highest BCUT2D eigenvalue weighted by molar-refractivity contribution is 7.10. The summed E-state index contributed by atoms with van der Waals surface area (Å²) < 4.78 is 0. The summed E-state index contributed by atoms with van der Waals surface area (Å²) >= 11 is 1.76. The first-order valence-electron chi connectivity index (χ1n) is 5.15. The lowest BCUT2D eigenvalue weighted by atomic mass is 10.2. The van der Waals surface area contributed by atoms with Crippen molar-refractivity contribution in [2.75, 3.05) is 6.54 Å². The Bertz CT molecular complexity index is 307. The third-order valence-electron chi connectivity index (χ3n) is 2.75. The molecule has 0 radical (unpaired) electrons. The molecule has 1 amide bonds. The topological polar surface area (TPSA) is 20.3 Å². The van der Waals surface area contributed by atoms with Gasteiger partial charge in [0.25, 0.3) is 0 Å². The van der Waals surface area contributed by atoms with Gasteiger partial charge in [-0.3, -0.25) is 4.79 Å². The van der Waals surface area contributed by atoms with Gasteiger partial charge in [0.15, 0.2) is 0 Å². The van der Waals surface area contributed by atoms with Crippen molar-refractivity contribution in [2.45, 2.75) is 32.2 Å². The van der Waals surface area contributed by atoms with Crippen LogP contribution in [0.3, 0.4) is 0 Å². The van der Waals surface area contributed by atoms with E-state index in [2.05, 4.69) is 17.5 Å². The molecule has 0 saturated carbocycles. The van der Waals surface area contributed by atoms with Crippen molar-refractivity contribution >= 4 is 17.2 Å². The summed E-state index contributed by atoms with van der Waals surface area (Å²) in [6, 6.07) is 4.56. The highest BCUT2D eigenvalue weighted by Gasteiger charge is 2.29. The molecule has 1 aromatic heterocycles. The molecule has 0 bridgehead atoms. The zero-order valence-electron chi connectivity index (χ0n) is 8.40. The number of carbonyl (C=O) groups is 1. The Balaban J connectivity index is 2.15. The summed E-state index contributed by atoms with van der Waals surface area (Å²) in [5.74, 6) is 0.293. The highest BCUT2D eigenvalue weighted by atomic mass is 32.1. The number of thiophene rings is 1. The van der Waals surface area contributed by atoms with E-state index in [-0.39, 0.29) is 0 Å². The lowest BCUT2D eigenvalue weighted by Crippen LogP contribution is -2.29. The van der Waals surface area contributed by atoms with Gasteiger partial charge in [0.05, 0.1) is 6.04 Å². The Morgan fingerprint density at radius 2 is 2.57 bits per heavy atom. The fraction of sp³-hybridized carbons (Fsp3) is 0.545. The summed E-state index contributed by atoms with van der Waals surface area (Å²) in [5, 5.41) is 2.09. The molecular formula is C11H15NOS. The maximum atomic E-state index is 11.7. The van der Waals surface area contributed by atoms with Crippen LogP contribution in [0.2, 0.25) is 0 Å². The van der Waals surface area contributed by atoms with Gasteiger partial charge in [-0.1, -0.05) is 13.0 Å². The number of hydrogen-bond donors (Lipinski definition) is 0. The molecule has 0 spiro atoms. The molecule has 0 N–H and O–H groups in total. The first kappa shape index (κ1) is 9.71. The Labute approximate surface area is 88.5 Å². The van der Waals surface area contributed by atoms with E-state index < -0.39 is 0 Å². The molecule has 1 aromatic rings. The number of carbonyl (C=O) groups excluding carboxylic acids is 1. The molecule has 76 valence electrons. The number of amides is 1. The zero-order chi connectivity index (χ0) is 9.97. The van der Waals surface area contributed by atoms with Gasteiger partial charge in [-0.15, -0.1) is 11.3 Å². The highest BCUT2D eigenvalue weighted by Crippen LogP contribution is 2.34. The van der Waals surface area contributed by atoms with Crippen LogP contribution in [-0.2, 0) is 4.79 Å². The maximum Gasteiger partial charge on any atom is 0.222 e. The Morgan fingerprint density at radius 1 is 1.71 bits per heavy atom. The Morgan fingerprint density at radius 3 is 3.21 bits per heavy atom. The Kier molecular flexibility index (Phi) is 2.87. The molecule has 0 aromatic carbocycles.